The molecule has 8 aromatic rings. The Morgan fingerprint density at radius 1 is 0.426 bits per heavy atom. The van der Waals surface area contributed by atoms with Crippen LogP contribution in [0.1, 0.15) is 246 Å². The molecule has 0 radical (unpaired) electrons. The summed E-state index contributed by atoms with van der Waals surface area (Å²) in [5.74, 6) is 0.293. The summed E-state index contributed by atoms with van der Waals surface area (Å²) in [6.07, 6.45) is 6.39. The van der Waals surface area contributed by atoms with E-state index in [-0.39, 0.29) is 90.2 Å². The average molecular weight is 1890 g/mol. The maximum Gasteiger partial charge on any atom is 0.320 e. The van der Waals surface area contributed by atoms with Gasteiger partial charge in [0.25, 0.3) is 23.6 Å². The van der Waals surface area contributed by atoms with Gasteiger partial charge in [-0.05, 0) is 207 Å². The van der Waals surface area contributed by atoms with Crippen LogP contribution in [0.5, 0.6) is 0 Å². The highest BCUT2D eigenvalue weighted by atomic mass is 35.5. The van der Waals surface area contributed by atoms with Crippen molar-refractivity contribution in [1.82, 2.24) is 61.8 Å². The molecule has 15 amide bonds. The number of aryl methyl sites for hydroxylation is 2. The minimum Gasteiger partial charge on any atom is -0.333 e. The molecule has 5 aromatic heterocycles. The molecule has 3 saturated heterocycles. The van der Waals surface area contributed by atoms with Gasteiger partial charge in [0.1, 0.15) is 29.1 Å². The lowest BCUT2D eigenvalue weighted by Gasteiger charge is -2.31. The molecule has 1 saturated carbocycles. The molecular weight excluding hydrogens is 1780 g/mol. The van der Waals surface area contributed by atoms with Crippen molar-refractivity contribution in [1.29, 1.82) is 0 Å². The van der Waals surface area contributed by atoms with Crippen LogP contribution in [0.15, 0.2) is 125 Å². The Balaban J connectivity index is 0.000000147. The third-order valence-corrected chi connectivity index (χ3v) is 29.4. The number of carbonyl (C=O) groups is 12. The quantitative estimate of drug-likeness (QED) is 0.0204. The number of urea groups is 4. The van der Waals surface area contributed by atoms with E-state index in [1.165, 1.54) is 56.5 Å². The van der Waals surface area contributed by atoms with Crippen LogP contribution >= 0.6 is 80.1 Å². The predicted molar refractivity (Wildman–Crippen MR) is 507 cm³/mol. The number of benzene rings is 3. The molecule has 11 N–H and O–H groups in total. The first-order valence-electron chi connectivity index (χ1n) is 42.7. The van der Waals surface area contributed by atoms with Gasteiger partial charge in [-0.25, -0.2) is 24.2 Å². The van der Waals surface area contributed by atoms with E-state index in [9.17, 15) is 57.5 Å². The van der Waals surface area contributed by atoms with Crippen LogP contribution in [-0.4, -0.2) is 120 Å². The third-order valence-electron chi connectivity index (χ3n) is 24.1. The standard InChI is InChI=1S/C26H30ClN3O3S.C24H27ClN4O3S.C24H28N4O3S.C20H20ClN5O3S/c1-14(2)18-9-17(10-21(27)16(18)4)29-26(33)28-11-24-19-12-30(25(32)20(19)13-34-24)22-7-5-6-15(3)8-23(22)31;1-12(2)16-7-15(8-19(25)14(16)4)28-24(32)26-9-21-17-10-29(23(31)18(17)11-33-21)20-6-5-13(3)27-22(20)30;1-13(2)17-9-16(7-5-14(17)3)27-24(31)25-10-21-18-11-28(23(30)19(18)12-32-21)20-8-6-15(4)26-22(20)29;1-10-3-6-16(24-17(10)21)25-20(29)22-7-15-12-8-26(19(28)13(12)9-30-15)14-5-4-11(2)23-18(14)27/h9-10,13-14,22H,3,5-8,11-12H2,1-2,4H3,(H2,28,29,33);7-8,11-12,20H,3,5-6,9-10H2,1-2,4H3,(H,27,30)(H2,26,28,32);5,7,9,12-13,20H,4,6,8,10-11H2,1-3H3,(H,26,29)(H2,25,27,31);3,6,9,14H,2,4-5,7-8H2,1H3,(H,23,27)(H2,22,24,25,29)/t22-;;;/m0.../s1. The van der Waals surface area contributed by atoms with Crippen molar-refractivity contribution >= 4 is 174 Å². The second-order valence-electron chi connectivity index (χ2n) is 34.1. The number of pyridine rings is 1. The smallest absolute Gasteiger partial charge is 0.320 e. The highest BCUT2D eigenvalue weighted by Crippen LogP contribution is 2.41. The Hall–Kier alpha value is -11.5. The fourth-order valence-corrected chi connectivity index (χ4v) is 21.5. The molecular formula is C94H105Cl3N16O12S4. The lowest BCUT2D eigenvalue weighted by molar-refractivity contribution is -0.127. The van der Waals surface area contributed by atoms with Crippen LogP contribution in [0.25, 0.3) is 0 Å². The van der Waals surface area contributed by atoms with Crippen LogP contribution in [-0.2, 0) is 71.5 Å². The summed E-state index contributed by atoms with van der Waals surface area (Å²) >= 11 is 24.4. The Morgan fingerprint density at radius 2 is 0.760 bits per heavy atom. The molecule has 0 spiro atoms. The fraction of sp³-hybridized carbons (Fsp3) is 0.372. The SMILES string of the molecule is C=C1CCC(N2Cc3c(csc3CNC(=O)Nc3cc(Cl)c(C)c(C(C)C)c3)C2=O)C(=O)N1.C=C1CCC(N2Cc3c(csc3CNC(=O)Nc3ccc(C)c(C(C)C)c3)C2=O)C(=O)N1.C=C1CCC(N2Cc3c(csc3CNC(=O)Nc3ccc(C)c(Cl)n3)C2=O)C(=O)N1.C=C1CCC[C@H](N2Cc3c(csc3CNC(=O)Nc3cc(Cl)c(C)c(C(C)C)c3)C2=O)C(=O)C1. The summed E-state index contributed by atoms with van der Waals surface area (Å²) in [6, 6.07) is 13.5. The van der Waals surface area contributed by atoms with Gasteiger partial charge in [0.05, 0.1) is 54.5 Å². The van der Waals surface area contributed by atoms with Crippen molar-refractivity contribution in [3.8, 4) is 0 Å². The Labute approximate surface area is 780 Å². The van der Waals surface area contributed by atoms with E-state index in [1.807, 2.05) is 61.9 Å². The second-order valence-corrected chi connectivity index (χ2v) is 39.1. The summed E-state index contributed by atoms with van der Waals surface area (Å²) in [5, 5.41) is 39.7. The topological polar surface area (TPSA) is 363 Å². The minimum atomic E-state index is -0.498. The van der Waals surface area contributed by atoms with Crippen molar-refractivity contribution in [3.63, 3.8) is 0 Å². The van der Waals surface area contributed by atoms with Gasteiger partial charge in [-0.3, -0.25) is 43.7 Å². The van der Waals surface area contributed by atoms with Crippen LogP contribution in [0, 0.1) is 27.7 Å². The number of rotatable bonds is 19. The maximum absolute atomic E-state index is 13.0. The molecule has 4 atom stereocenters. The molecule has 678 valence electrons. The van der Waals surface area contributed by atoms with Crippen molar-refractivity contribution in [3.05, 3.63) is 243 Å². The van der Waals surface area contributed by atoms with Gasteiger partial charge >= 0.3 is 24.1 Å². The number of piperidine rings is 3. The van der Waals surface area contributed by atoms with E-state index in [2.05, 4.69) is 138 Å². The van der Waals surface area contributed by atoms with Gasteiger partial charge < -0.3 is 72.8 Å². The average Bonchev–Trinajstić information content (AvgIpc) is 1.63. The van der Waals surface area contributed by atoms with E-state index in [0.717, 1.165) is 93.7 Å². The number of thiophene rings is 4. The summed E-state index contributed by atoms with van der Waals surface area (Å²) < 4.78 is 0. The molecule has 4 fully saturated rings. The van der Waals surface area contributed by atoms with E-state index in [4.69, 9.17) is 34.8 Å². The number of halogens is 3. The molecule has 35 heteroatoms. The van der Waals surface area contributed by atoms with Gasteiger partial charge in [-0.2, -0.15) is 0 Å². The monoisotopic (exact) mass is 1880 g/mol. The largest absolute Gasteiger partial charge is 0.333 e. The number of fused-ring (bicyclic) bond motifs is 4. The normalized spacial score (nSPS) is 18.1. The van der Waals surface area contributed by atoms with Crippen LogP contribution < -0.4 is 58.5 Å². The zero-order valence-electron chi connectivity index (χ0n) is 73.5. The van der Waals surface area contributed by atoms with Crippen LogP contribution in [0.2, 0.25) is 15.2 Å². The number of carbonyl (C=O) groups excluding carboxylic acids is 12. The molecule has 7 aliphatic heterocycles. The second kappa shape index (κ2) is 41.1. The van der Waals surface area contributed by atoms with Crippen LogP contribution in [0.4, 0.5) is 42.1 Å². The van der Waals surface area contributed by atoms with Gasteiger partial charge in [0.2, 0.25) is 17.7 Å². The van der Waals surface area contributed by atoms with Gasteiger partial charge in [0.15, 0.2) is 5.78 Å². The van der Waals surface area contributed by atoms with Crippen molar-refractivity contribution < 1.29 is 57.5 Å². The highest BCUT2D eigenvalue weighted by Gasteiger charge is 2.45. The first-order chi connectivity index (χ1) is 61.4. The number of nitrogens with zero attached hydrogens (tertiary/aromatic N) is 5. The lowest BCUT2D eigenvalue weighted by Crippen LogP contribution is -2.49. The maximum atomic E-state index is 13.0. The van der Waals surface area contributed by atoms with Gasteiger partial charge in [0, 0.05) is 118 Å². The zero-order chi connectivity index (χ0) is 92.8. The van der Waals surface area contributed by atoms with E-state index in [1.54, 1.807) is 54.6 Å². The first kappa shape index (κ1) is 95.1. The highest BCUT2D eigenvalue weighted by molar-refractivity contribution is 7.11. The third kappa shape index (κ3) is 22.0. The fourth-order valence-electron chi connectivity index (χ4n) is 16.9. The number of allylic oxidation sites excluding steroid dienone is 4. The molecule has 28 nitrogen and oxygen atoms in total. The number of anilines is 4. The summed E-state index contributed by atoms with van der Waals surface area (Å²) in [6.45, 7) is 38.5. The van der Waals surface area contributed by atoms with Crippen molar-refractivity contribution in [2.75, 3.05) is 21.3 Å². The Morgan fingerprint density at radius 3 is 1.11 bits per heavy atom. The predicted octanol–water partition coefficient (Wildman–Crippen LogP) is 18.5. The van der Waals surface area contributed by atoms with Crippen molar-refractivity contribution in [2.45, 2.75) is 228 Å². The molecule has 16 rings (SSSR count). The Kier molecular flexibility index (Phi) is 30.3. The minimum absolute atomic E-state index is 0.0706. The van der Waals surface area contributed by atoms with E-state index >= 15 is 0 Å². The molecule has 129 heavy (non-hydrogen) atoms. The molecule has 1 aliphatic carbocycles. The molecule has 0 bridgehead atoms. The number of hydrogen-bond donors (Lipinski definition) is 11. The molecule has 12 heterocycles. The van der Waals surface area contributed by atoms with E-state index in [0.29, 0.717) is 168 Å². The van der Waals surface area contributed by atoms with Gasteiger partial charge in [-0.15, -0.1) is 45.3 Å². The number of nitrogens with one attached hydrogen (secondary N) is 11. The lowest BCUT2D eigenvalue weighted by atomic mass is 9.97. The molecule has 3 unspecified atom stereocenters. The van der Waals surface area contributed by atoms with Gasteiger partial charge in [-0.1, -0.05) is 120 Å². The van der Waals surface area contributed by atoms with Crippen LogP contribution in [0.3, 0.4) is 0 Å². The zero-order valence-corrected chi connectivity index (χ0v) is 79.0. The number of amides is 15. The number of Topliss-reactive ketones (excluding diaryl/α,β-unsaturated/α-hetero) is 1. The Bertz CT molecular complexity index is 5910. The summed E-state index contributed by atoms with van der Waals surface area (Å²) in [7, 11) is 0. The first-order valence-corrected chi connectivity index (χ1v) is 47.3. The molecule has 3 aromatic carbocycles. The summed E-state index contributed by atoms with van der Waals surface area (Å²) in [4.78, 5) is 165. The number of hydrogen-bond acceptors (Lipinski definition) is 17. The molecule has 8 aliphatic rings. The summed E-state index contributed by atoms with van der Waals surface area (Å²) in [5.41, 5.74) is 18.5. The number of aromatic nitrogens is 1. The van der Waals surface area contributed by atoms with Crippen molar-refractivity contribution in [2.24, 2.45) is 0 Å². The van der Waals surface area contributed by atoms with E-state index < -0.39 is 30.2 Å². The number of ketones is 1.